The van der Waals surface area contributed by atoms with Gasteiger partial charge in [0.2, 0.25) is 5.91 Å². The van der Waals surface area contributed by atoms with Gasteiger partial charge in [-0.2, -0.15) is 5.10 Å². The van der Waals surface area contributed by atoms with Gasteiger partial charge in [-0.1, -0.05) is 24.3 Å². The fourth-order valence-corrected chi connectivity index (χ4v) is 4.39. The van der Waals surface area contributed by atoms with Crippen LogP contribution in [0.1, 0.15) is 22.9 Å². The standard InChI is InChI=1S/C25H22N4O5S/c1-34-24(31)15-21(22-8-5-13-35-22)26-23(30)14-18-16-28(19-6-3-2-4-7-19)27-25(18)17-9-11-20(12-10-17)29(32)33/h2-13,16,21H,14-15H2,1H3,(H,26,30). The molecule has 0 spiro atoms. The van der Waals surface area contributed by atoms with Crippen molar-refractivity contribution in [3.05, 3.63) is 98.9 Å². The molecule has 1 amide bonds. The van der Waals surface area contributed by atoms with Gasteiger partial charge in [0.25, 0.3) is 5.69 Å². The van der Waals surface area contributed by atoms with Gasteiger partial charge < -0.3 is 10.1 Å². The van der Waals surface area contributed by atoms with Gasteiger partial charge in [-0.05, 0) is 35.7 Å². The average molecular weight is 491 g/mol. The van der Waals surface area contributed by atoms with Gasteiger partial charge in [0.05, 0.1) is 42.3 Å². The predicted octanol–water partition coefficient (Wildman–Crippen LogP) is 4.47. The summed E-state index contributed by atoms with van der Waals surface area (Å²) >= 11 is 1.44. The van der Waals surface area contributed by atoms with E-state index in [4.69, 9.17) is 4.74 Å². The van der Waals surface area contributed by atoms with E-state index in [0.29, 0.717) is 16.8 Å². The molecule has 0 aliphatic rings. The number of aromatic nitrogens is 2. The SMILES string of the molecule is COC(=O)CC(NC(=O)Cc1cn(-c2ccccc2)nc1-c1ccc([N+](=O)[O-])cc1)c1cccs1. The topological polar surface area (TPSA) is 116 Å². The van der Waals surface area contributed by atoms with E-state index in [1.54, 1.807) is 23.0 Å². The Morgan fingerprint density at radius 1 is 1.11 bits per heavy atom. The first-order valence-electron chi connectivity index (χ1n) is 10.7. The van der Waals surface area contributed by atoms with E-state index in [9.17, 15) is 19.7 Å². The summed E-state index contributed by atoms with van der Waals surface area (Å²) in [5.74, 6) is -0.713. The van der Waals surface area contributed by atoms with E-state index < -0.39 is 16.9 Å². The monoisotopic (exact) mass is 490 g/mol. The predicted molar refractivity (Wildman–Crippen MR) is 131 cm³/mol. The first-order chi connectivity index (χ1) is 16.9. The number of ether oxygens (including phenoxy) is 1. The van der Waals surface area contributed by atoms with Crippen LogP contribution in [0.25, 0.3) is 16.9 Å². The molecule has 0 radical (unpaired) electrons. The summed E-state index contributed by atoms with van der Waals surface area (Å²) in [6.45, 7) is 0. The number of esters is 1. The lowest BCUT2D eigenvalue weighted by Gasteiger charge is -2.16. The molecule has 0 aliphatic carbocycles. The zero-order valence-corrected chi connectivity index (χ0v) is 19.6. The lowest BCUT2D eigenvalue weighted by atomic mass is 10.0. The number of nitrogens with one attached hydrogen (secondary N) is 1. The zero-order chi connectivity index (χ0) is 24.8. The highest BCUT2D eigenvalue weighted by Crippen LogP contribution is 2.27. The number of amides is 1. The van der Waals surface area contributed by atoms with Crippen LogP contribution in [0.4, 0.5) is 5.69 Å². The zero-order valence-electron chi connectivity index (χ0n) is 18.8. The van der Waals surface area contributed by atoms with Crippen LogP contribution in [-0.2, 0) is 20.7 Å². The second-order valence-electron chi connectivity index (χ2n) is 7.68. The fraction of sp³-hybridized carbons (Fsp3) is 0.160. The first kappa shape index (κ1) is 23.8. The summed E-state index contributed by atoms with van der Waals surface area (Å²) in [5.41, 5.74) is 2.61. The van der Waals surface area contributed by atoms with Crippen molar-refractivity contribution in [2.75, 3.05) is 7.11 Å². The minimum atomic E-state index is -0.512. The summed E-state index contributed by atoms with van der Waals surface area (Å²) in [7, 11) is 1.31. The maximum absolute atomic E-state index is 13.1. The number of hydrogen-bond acceptors (Lipinski definition) is 7. The molecule has 0 saturated carbocycles. The molecular weight excluding hydrogens is 468 g/mol. The van der Waals surface area contributed by atoms with Crippen LogP contribution >= 0.6 is 11.3 Å². The summed E-state index contributed by atoms with van der Waals surface area (Å²) in [4.78, 5) is 36.4. The van der Waals surface area contributed by atoms with E-state index in [-0.39, 0.29) is 24.4 Å². The van der Waals surface area contributed by atoms with Crippen LogP contribution in [0.2, 0.25) is 0 Å². The number of carbonyl (C=O) groups excluding carboxylic acids is 2. The second-order valence-corrected chi connectivity index (χ2v) is 8.66. The highest BCUT2D eigenvalue weighted by Gasteiger charge is 2.22. The Bertz CT molecular complexity index is 1320. The van der Waals surface area contributed by atoms with Crippen molar-refractivity contribution >= 4 is 28.9 Å². The molecule has 1 atom stereocenters. The van der Waals surface area contributed by atoms with Crippen LogP contribution in [-0.4, -0.2) is 33.7 Å². The van der Waals surface area contributed by atoms with Crippen molar-refractivity contribution in [1.29, 1.82) is 0 Å². The van der Waals surface area contributed by atoms with E-state index in [0.717, 1.165) is 10.6 Å². The normalized spacial score (nSPS) is 11.6. The lowest BCUT2D eigenvalue weighted by Crippen LogP contribution is -2.31. The number of non-ortho nitro benzene ring substituents is 1. The number of rotatable bonds is 9. The van der Waals surface area contributed by atoms with Crippen molar-refractivity contribution in [3.63, 3.8) is 0 Å². The van der Waals surface area contributed by atoms with Crippen LogP contribution in [0.15, 0.2) is 78.3 Å². The van der Waals surface area contributed by atoms with Gasteiger partial charge in [-0.3, -0.25) is 19.7 Å². The van der Waals surface area contributed by atoms with Gasteiger partial charge >= 0.3 is 5.97 Å². The Hall–Kier alpha value is -4.31. The molecule has 2 heterocycles. The van der Waals surface area contributed by atoms with Crippen molar-refractivity contribution in [3.8, 4) is 16.9 Å². The third-order valence-corrected chi connectivity index (χ3v) is 6.32. The molecule has 4 rings (SSSR count). The van der Waals surface area contributed by atoms with E-state index in [2.05, 4.69) is 10.4 Å². The van der Waals surface area contributed by atoms with Crippen LogP contribution in [0, 0.1) is 10.1 Å². The number of methoxy groups -OCH3 is 1. The van der Waals surface area contributed by atoms with Gasteiger partial charge in [0, 0.05) is 34.3 Å². The molecule has 0 aliphatic heterocycles. The number of nitro benzene ring substituents is 1. The Morgan fingerprint density at radius 3 is 2.49 bits per heavy atom. The molecular formula is C25H22N4O5S. The number of benzene rings is 2. The Kier molecular flexibility index (Phi) is 7.32. The maximum Gasteiger partial charge on any atom is 0.307 e. The lowest BCUT2D eigenvalue weighted by molar-refractivity contribution is -0.384. The number of thiophene rings is 1. The third kappa shape index (κ3) is 5.79. The molecule has 10 heteroatoms. The molecule has 0 fully saturated rings. The molecule has 35 heavy (non-hydrogen) atoms. The van der Waals surface area contributed by atoms with Crippen molar-refractivity contribution in [1.82, 2.24) is 15.1 Å². The molecule has 1 unspecified atom stereocenters. The van der Waals surface area contributed by atoms with Gasteiger partial charge in [0.1, 0.15) is 0 Å². The highest BCUT2D eigenvalue weighted by molar-refractivity contribution is 7.10. The molecule has 2 aromatic heterocycles. The van der Waals surface area contributed by atoms with Crippen LogP contribution in [0.3, 0.4) is 0 Å². The van der Waals surface area contributed by atoms with Gasteiger partial charge in [0.15, 0.2) is 0 Å². The Morgan fingerprint density at radius 2 is 1.86 bits per heavy atom. The largest absolute Gasteiger partial charge is 0.469 e. The van der Waals surface area contributed by atoms with Crippen LogP contribution < -0.4 is 5.32 Å². The average Bonchev–Trinajstić information content (AvgIpc) is 3.55. The first-order valence-corrected chi connectivity index (χ1v) is 11.6. The van der Waals surface area contributed by atoms with Crippen molar-refractivity contribution < 1.29 is 19.2 Å². The molecule has 9 nitrogen and oxygen atoms in total. The Balaban J connectivity index is 1.63. The van der Waals surface area contributed by atoms with Gasteiger partial charge in [-0.25, -0.2) is 4.68 Å². The fourth-order valence-electron chi connectivity index (χ4n) is 3.62. The molecule has 178 valence electrons. The number of para-hydroxylation sites is 1. The summed E-state index contributed by atoms with van der Waals surface area (Å²) < 4.78 is 6.46. The number of nitrogens with zero attached hydrogens (tertiary/aromatic N) is 3. The van der Waals surface area contributed by atoms with E-state index >= 15 is 0 Å². The van der Waals surface area contributed by atoms with E-state index in [1.807, 2.05) is 47.8 Å². The number of hydrogen-bond donors (Lipinski definition) is 1. The number of nitro groups is 1. The minimum absolute atomic E-state index is 0.00218. The smallest absolute Gasteiger partial charge is 0.307 e. The summed E-state index contributed by atoms with van der Waals surface area (Å²) in [6, 6.07) is 18.7. The molecule has 4 aromatic rings. The second kappa shape index (κ2) is 10.7. The summed E-state index contributed by atoms with van der Waals surface area (Å²) in [5, 5.41) is 20.5. The quantitative estimate of drug-likeness (QED) is 0.210. The van der Waals surface area contributed by atoms with E-state index in [1.165, 1.54) is 30.6 Å². The number of carbonyl (C=O) groups is 2. The highest BCUT2D eigenvalue weighted by atomic mass is 32.1. The van der Waals surface area contributed by atoms with Crippen molar-refractivity contribution in [2.24, 2.45) is 0 Å². The Labute approximate surface area is 205 Å². The molecule has 2 aromatic carbocycles. The minimum Gasteiger partial charge on any atom is -0.469 e. The summed E-state index contributed by atoms with van der Waals surface area (Å²) in [6.07, 6.45) is 1.79. The molecule has 0 saturated heterocycles. The third-order valence-electron chi connectivity index (χ3n) is 5.33. The van der Waals surface area contributed by atoms with Crippen molar-refractivity contribution in [2.45, 2.75) is 18.9 Å². The maximum atomic E-state index is 13.1. The van der Waals surface area contributed by atoms with Crippen LogP contribution in [0.5, 0.6) is 0 Å². The van der Waals surface area contributed by atoms with Gasteiger partial charge in [-0.15, -0.1) is 11.3 Å². The molecule has 0 bridgehead atoms. The molecule has 1 N–H and O–H groups in total.